The van der Waals surface area contributed by atoms with E-state index in [4.69, 9.17) is 10.5 Å². The Kier molecular flexibility index (Phi) is 3.21. The largest absolute Gasteiger partial charge is 0.381 e. The first-order chi connectivity index (χ1) is 12.2. The van der Waals surface area contributed by atoms with Gasteiger partial charge in [-0.2, -0.15) is 0 Å². The smallest absolute Gasteiger partial charge is 0.180 e. The molecule has 0 saturated carbocycles. The number of hydrogen-bond donors (Lipinski definition) is 1. The molecule has 0 bridgehead atoms. The van der Waals surface area contributed by atoms with Gasteiger partial charge < -0.3 is 19.8 Å². The molecule has 0 atom stereocenters. The maximum atomic E-state index is 5.90. The number of benzene rings is 1. The van der Waals surface area contributed by atoms with Crippen molar-refractivity contribution >= 4 is 17.2 Å². The van der Waals surface area contributed by atoms with Crippen LogP contribution in [0, 0.1) is 5.41 Å². The van der Waals surface area contributed by atoms with Gasteiger partial charge in [-0.3, -0.25) is 0 Å². The molecule has 5 rings (SSSR count). The summed E-state index contributed by atoms with van der Waals surface area (Å²) < 4.78 is 7.41. The fraction of sp³-hybridized carbons (Fsp3) is 0.368. The molecule has 2 N–H and O–H groups in total. The number of nitrogens with zero attached hydrogens (tertiary/aromatic N) is 4. The Labute approximate surface area is 146 Å². The summed E-state index contributed by atoms with van der Waals surface area (Å²) in [6.07, 6.45) is 7.93. The van der Waals surface area contributed by atoms with Gasteiger partial charge in [0.25, 0.3) is 0 Å². The third kappa shape index (κ3) is 2.44. The van der Waals surface area contributed by atoms with Gasteiger partial charge in [-0.05, 0) is 25.0 Å². The van der Waals surface area contributed by atoms with Gasteiger partial charge in [-0.15, -0.1) is 0 Å². The van der Waals surface area contributed by atoms with E-state index in [-0.39, 0.29) is 0 Å². The van der Waals surface area contributed by atoms with Crippen LogP contribution in [0.1, 0.15) is 12.8 Å². The molecule has 6 heteroatoms. The third-order valence-electron chi connectivity index (χ3n) is 5.54. The molecule has 2 aromatic heterocycles. The summed E-state index contributed by atoms with van der Waals surface area (Å²) >= 11 is 0. The van der Waals surface area contributed by atoms with Crippen LogP contribution >= 0.6 is 0 Å². The molecule has 2 fully saturated rings. The van der Waals surface area contributed by atoms with Crippen molar-refractivity contribution in [3.63, 3.8) is 0 Å². The summed E-state index contributed by atoms with van der Waals surface area (Å²) in [5.41, 5.74) is 10.4. The van der Waals surface area contributed by atoms with Crippen molar-refractivity contribution in [1.82, 2.24) is 14.4 Å². The van der Waals surface area contributed by atoms with Crippen LogP contribution in [-0.2, 0) is 4.74 Å². The van der Waals surface area contributed by atoms with Crippen LogP contribution in [0.3, 0.4) is 0 Å². The number of imidazole rings is 1. The first-order valence-corrected chi connectivity index (χ1v) is 8.75. The Morgan fingerprint density at radius 3 is 2.56 bits per heavy atom. The van der Waals surface area contributed by atoms with E-state index >= 15 is 0 Å². The maximum Gasteiger partial charge on any atom is 0.180 e. The fourth-order valence-corrected chi connectivity index (χ4v) is 3.99. The van der Waals surface area contributed by atoms with Gasteiger partial charge in [-0.25, -0.2) is 9.97 Å². The van der Waals surface area contributed by atoms with E-state index < -0.39 is 0 Å². The maximum absolute atomic E-state index is 5.90. The van der Waals surface area contributed by atoms with Crippen molar-refractivity contribution in [2.24, 2.45) is 5.41 Å². The van der Waals surface area contributed by atoms with Crippen molar-refractivity contribution in [3.8, 4) is 11.3 Å². The molecular formula is C19H21N5O. The van der Waals surface area contributed by atoms with Crippen LogP contribution in [0.25, 0.3) is 16.9 Å². The average molecular weight is 335 g/mol. The molecule has 25 heavy (non-hydrogen) atoms. The number of nitrogens with two attached hydrogens (primary N) is 1. The lowest BCUT2D eigenvalue weighted by molar-refractivity contribution is -0.000189. The summed E-state index contributed by atoms with van der Waals surface area (Å²) in [6, 6.07) is 8.64. The highest BCUT2D eigenvalue weighted by Crippen LogP contribution is 2.42. The number of anilines is 2. The number of aromatic nitrogens is 3. The Morgan fingerprint density at radius 1 is 1.08 bits per heavy atom. The van der Waals surface area contributed by atoms with E-state index in [0.717, 1.165) is 37.6 Å². The van der Waals surface area contributed by atoms with Crippen LogP contribution < -0.4 is 10.6 Å². The second-order valence-corrected chi connectivity index (χ2v) is 7.18. The lowest BCUT2D eigenvalue weighted by Crippen LogP contribution is -2.58. The standard InChI is InChI=1S/C19H21N5O/c20-17-18-22-16(11-23(18)8-7-21-17)14-1-3-15(4-2-14)24-12-19(13-24)5-9-25-10-6-19/h1-4,7-8,11H,5-6,9-10,12-13H2,(H2,20,21). The number of ether oxygens (including phenoxy) is 1. The molecule has 4 heterocycles. The van der Waals surface area contributed by atoms with Crippen LogP contribution in [0.2, 0.25) is 0 Å². The summed E-state index contributed by atoms with van der Waals surface area (Å²) in [4.78, 5) is 11.2. The average Bonchev–Trinajstić information content (AvgIpc) is 3.06. The molecule has 3 aromatic rings. The molecule has 2 aliphatic heterocycles. The Hall–Kier alpha value is -2.60. The minimum atomic E-state index is 0.452. The van der Waals surface area contributed by atoms with E-state index in [1.165, 1.54) is 18.5 Å². The molecule has 6 nitrogen and oxygen atoms in total. The van der Waals surface area contributed by atoms with Gasteiger partial charge in [0, 0.05) is 61.6 Å². The van der Waals surface area contributed by atoms with Crippen LogP contribution in [0.5, 0.6) is 0 Å². The summed E-state index contributed by atoms with van der Waals surface area (Å²) in [7, 11) is 0. The lowest BCUT2D eigenvalue weighted by Gasteiger charge is -2.53. The molecule has 128 valence electrons. The predicted octanol–water partition coefficient (Wildman–Crippen LogP) is 2.60. The summed E-state index contributed by atoms with van der Waals surface area (Å²) in [5, 5.41) is 0. The van der Waals surface area contributed by atoms with Crippen LogP contribution in [-0.4, -0.2) is 40.7 Å². The van der Waals surface area contributed by atoms with Crippen molar-refractivity contribution in [2.75, 3.05) is 36.9 Å². The number of hydrogen-bond acceptors (Lipinski definition) is 5. The molecule has 0 radical (unpaired) electrons. The minimum Gasteiger partial charge on any atom is -0.381 e. The Morgan fingerprint density at radius 2 is 1.84 bits per heavy atom. The summed E-state index contributed by atoms with van der Waals surface area (Å²) in [5.74, 6) is 0.452. The molecule has 2 aliphatic rings. The Bertz CT molecular complexity index is 903. The van der Waals surface area contributed by atoms with E-state index in [0.29, 0.717) is 16.9 Å². The summed E-state index contributed by atoms with van der Waals surface area (Å²) in [6.45, 7) is 4.12. The molecule has 1 aromatic carbocycles. The van der Waals surface area contributed by atoms with Crippen LogP contribution in [0.4, 0.5) is 11.5 Å². The molecule has 0 unspecified atom stereocenters. The first-order valence-electron chi connectivity index (χ1n) is 8.75. The molecular weight excluding hydrogens is 314 g/mol. The highest BCUT2D eigenvalue weighted by atomic mass is 16.5. The van der Waals surface area contributed by atoms with E-state index in [2.05, 4.69) is 39.1 Å². The van der Waals surface area contributed by atoms with Crippen molar-refractivity contribution in [1.29, 1.82) is 0 Å². The van der Waals surface area contributed by atoms with Crippen molar-refractivity contribution < 1.29 is 4.74 Å². The van der Waals surface area contributed by atoms with E-state index in [1.54, 1.807) is 6.20 Å². The van der Waals surface area contributed by atoms with Crippen molar-refractivity contribution in [3.05, 3.63) is 42.9 Å². The van der Waals surface area contributed by atoms with Gasteiger partial charge in [-0.1, -0.05) is 12.1 Å². The van der Waals surface area contributed by atoms with Crippen molar-refractivity contribution in [2.45, 2.75) is 12.8 Å². The fourth-order valence-electron chi connectivity index (χ4n) is 3.99. The topological polar surface area (TPSA) is 68.7 Å². The monoisotopic (exact) mass is 335 g/mol. The lowest BCUT2D eigenvalue weighted by atomic mass is 9.73. The molecule has 1 spiro atoms. The van der Waals surface area contributed by atoms with Crippen LogP contribution in [0.15, 0.2) is 42.9 Å². The van der Waals surface area contributed by atoms with E-state index in [1.807, 2.05) is 16.8 Å². The zero-order valence-corrected chi connectivity index (χ0v) is 14.1. The molecule has 2 saturated heterocycles. The highest BCUT2D eigenvalue weighted by Gasteiger charge is 2.43. The van der Waals surface area contributed by atoms with Gasteiger partial charge >= 0.3 is 0 Å². The minimum absolute atomic E-state index is 0.452. The molecule has 0 aliphatic carbocycles. The van der Waals surface area contributed by atoms with Gasteiger partial charge in [0.15, 0.2) is 11.5 Å². The predicted molar refractivity (Wildman–Crippen MR) is 97.5 cm³/mol. The SMILES string of the molecule is Nc1nccn2cc(-c3ccc(N4CC5(CCOCC5)C4)cc3)nc12. The zero-order chi connectivity index (χ0) is 16.9. The van der Waals surface area contributed by atoms with E-state index in [9.17, 15) is 0 Å². The van der Waals surface area contributed by atoms with Gasteiger partial charge in [0.2, 0.25) is 0 Å². The third-order valence-corrected chi connectivity index (χ3v) is 5.54. The first kappa shape index (κ1) is 14.7. The number of rotatable bonds is 2. The number of nitrogen functional groups attached to an aromatic ring is 1. The highest BCUT2D eigenvalue weighted by molar-refractivity contribution is 5.69. The quantitative estimate of drug-likeness (QED) is 0.779. The second kappa shape index (κ2) is 5.46. The molecule has 0 amide bonds. The van der Waals surface area contributed by atoms with Gasteiger partial charge in [0.05, 0.1) is 5.69 Å². The Balaban J connectivity index is 1.35. The second-order valence-electron chi connectivity index (χ2n) is 7.18. The normalized spacial score (nSPS) is 19.3. The van der Waals surface area contributed by atoms with Gasteiger partial charge in [0.1, 0.15) is 0 Å². The zero-order valence-electron chi connectivity index (χ0n) is 14.1. The number of fused-ring (bicyclic) bond motifs is 1.